The molecule has 2 atom stereocenters. The van der Waals surface area contributed by atoms with Crippen molar-refractivity contribution in [1.82, 2.24) is 19.7 Å². The van der Waals surface area contributed by atoms with Crippen LogP contribution in [0.4, 0.5) is 0 Å². The molecule has 7 nitrogen and oxygen atoms in total. The maximum absolute atomic E-state index is 8.91. The van der Waals surface area contributed by atoms with Crippen LogP contribution in [-0.2, 0) is 15.7 Å². The Morgan fingerprint density at radius 3 is 2.80 bits per heavy atom. The van der Waals surface area contributed by atoms with E-state index in [4.69, 9.17) is 37.8 Å². The maximum Gasteiger partial charge on any atom is 0.498 e. The summed E-state index contributed by atoms with van der Waals surface area (Å²) in [5, 5.41) is 13.8. The fourth-order valence-electron chi connectivity index (χ4n) is 3.46. The van der Waals surface area contributed by atoms with Gasteiger partial charge in [0.2, 0.25) is 5.28 Å². The molecule has 11 heteroatoms. The number of nitrogens with zero attached hydrogens (tertiary/aromatic N) is 5. The number of aromatic nitrogens is 4. The molecular weight excluding hydrogens is 444 g/mol. The molecule has 0 radical (unpaired) electrons. The first-order valence-electron chi connectivity index (χ1n) is 9.50. The summed E-state index contributed by atoms with van der Waals surface area (Å²) < 4.78 is 15.3. The minimum atomic E-state index is -0.595. The number of thiophene rings is 1. The zero-order valence-corrected chi connectivity index (χ0v) is 19.3. The van der Waals surface area contributed by atoms with Gasteiger partial charge < -0.3 is 9.31 Å². The minimum absolute atomic E-state index is 0.0132. The van der Waals surface area contributed by atoms with Gasteiger partial charge in [-0.15, -0.1) is 11.3 Å². The molecule has 2 unspecified atom stereocenters. The number of halogens is 2. The molecule has 30 heavy (non-hydrogen) atoms. The van der Waals surface area contributed by atoms with E-state index in [2.05, 4.69) is 21.1 Å². The van der Waals surface area contributed by atoms with Gasteiger partial charge in [-0.3, -0.25) is 4.68 Å². The van der Waals surface area contributed by atoms with Gasteiger partial charge in [0.15, 0.2) is 5.15 Å². The first-order valence-corrected chi connectivity index (χ1v) is 11.1. The molecule has 0 aromatic carbocycles. The maximum atomic E-state index is 8.91. The van der Waals surface area contributed by atoms with Gasteiger partial charge in [-0.05, 0) is 45.4 Å². The van der Waals surface area contributed by atoms with Gasteiger partial charge in [0, 0.05) is 29.2 Å². The second kappa shape index (κ2) is 7.77. The first kappa shape index (κ1) is 21.5. The standard InChI is InChI=1S/C19H20BCl2N5O2S/c1-11(5-6-23)27-10-12(9-24-27)20-28-18(2,3)19(4,29-20)8-13-7-14-15(30-13)16(21)26-17(22)25-14/h7,9-11H,5,8H2,1-4H3. The molecule has 3 aromatic heterocycles. The van der Waals surface area contributed by atoms with Crippen molar-refractivity contribution in [3.05, 3.63) is 33.8 Å². The third-order valence-electron chi connectivity index (χ3n) is 5.64. The number of hydrogen-bond acceptors (Lipinski definition) is 7. The molecule has 3 aromatic rings. The van der Waals surface area contributed by atoms with Gasteiger partial charge >= 0.3 is 7.12 Å². The first-order chi connectivity index (χ1) is 14.1. The zero-order chi connectivity index (χ0) is 21.7. The predicted molar refractivity (Wildman–Crippen MR) is 118 cm³/mol. The minimum Gasteiger partial charge on any atom is -0.399 e. The summed E-state index contributed by atoms with van der Waals surface area (Å²) in [7, 11) is -0.541. The van der Waals surface area contributed by atoms with E-state index in [1.165, 1.54) is 11.3 Å². The second-order valence-corrected chi connectivity index (χ2v) is 9.99. The van der Waals surface area contributed by atoms with Crippen molar-refractivity contribution < 1.29 is 9.31 Å². The Balaban J connectivity index is 1.58. The van der Waals surface area contributed by atoms with Crippen molar-refractivity contribution in [3.63, 3.8) is 0 Å². The molecule has 1 aliphatic heterocycles. The van der Waals surface area contributed by atoms with Crippen LogP contribution in [0.25, 0.3) is 10.2 Å². The van der Waals surface area contributed by atoms with Crippen LogP contribution in [0.15, 0.2) is 18.5 Å². The quantitative estimate of drug-likeness (QED) is 0.320. The highest BCUT2D eigenvalue weighted by Crippen LogP contribution is 2.42. The second-order valence-electron chi connectivity index (χ2n) is 8.16. The summed E-state index contributed by atoms with van der Waals surface area (Å²) in [6, 6.07) is 4.13. The SMILES string of the molecule is CC(CC#N)n1cc(B2OC(C)(C)C(C)(Cc3cc4nc(Cl)nc(Cl)c4s3)O2)cn1. The molecule has 0 aliphatic carbocycles. The topological polar surface area (TPSA) is 85.9 Å². The van der Waals surface area contributed by atoms with E-state index in [-0.39, 0.29) is 11.3 Å². The number of fused-ring (bicyclic) bond motifs is 1. The van der Waals surface area contributed by atoms with Crippen molar-refractivity contribution in [3.8, 4) is 6.07 Å². The van der Waals surface area contributed by atoms with Gasteiger partial charge in [0.1, 0.15) is 0 Å². The highest BCUT2D eigenvalue weighted by Gasteiger charge is 2.55. The fourth-order valence-corrected chi connectivity index (χ4v) is 5.09. The Bertz CT molecular complexity index is 1140. The lowest BCUT2D eigenvalue weighted by molar-refractivity contribution is -0.00818. The molecule has 0 amide bonds. The normalized spacial score (nSPS) is 21.8. The lowest BCUT2D eigenvalue weighted by Crippen LogP contribution is -2.46. The van der Waals surface area contributed by atoms with Crippen LogP contribution >= 0.6 is 34.5 Å². The smallest absolute Gasteiger partial charge is 0.399 e. The molecule has 1 aliphatic rings. The molecule has 0 saturated carbocycles. The largest absolute Gasteiger partial charge is 0.498 e. The Hall–Kier alpha value is -1.70. The van der Waals surface area contributed by atoms with Crippen molar-refractivity contribution in [1.29, 1.82) is 5.26 Å². The van der Waals surface area contributed by atoms with E-state index in [1.54, 1.807) is 10.9 Å². The summed E-state index contributed by atoms with van der Waals surface area (Å²) in [6.07, 6.45) is 4.62. The molecule has 1 fully saturated rings. The van der Waals surface area contributed by atoms with Crippen molar-refractivity contribution in [2.24, 2.45) is 0 Å². The summed E-state index contributed by atoms with van der Waals surface area (Å²) in [5.41, 5.74) is 0.405. The molecular formula is C19H20BCl2N5O2S. The molecule has 0 N–H and O–H groups in total. The lowest BCUT2D eigenvalue weighted by Gasteiger charge is -2.36. The fraction of sp³-hybridized carbons (Fsp3) is 0.474. The third kappa shape index (κ3) is 3.83. The summed E-state index contributed by atoms with van der Waals surface area (Å²) in [6.45, 7) is 8.03. The van der Waals surface area contributed by atoms with E-state index in [9.17, 15) is 0 Å². The van der Waals surface area contributed by atoms with Crippen LogP contribution in [0.5, 0.6) is 0 Å². The van der Waals surface area contributed by atoms with Gasteiger partial charge in [0.25, 0.3) is 0 Å². The van der Waals surface area contributed by atoms with Crippen molar-refractivity contribution in [2.45, 2.75) is 57.8 Å². The van der Waals surface area contributed by atoms with Crippen LogP contribution in [0.3, 0.4) is 0 Å². The van der Waals surface area contributed by atoms with Crippen molar-refractivity contribution >= 4 is 57.3 Å². The van der Waals surface area contributed by atoms with Gasteiger partial charge in [-0.1, -0.05) is 11.6 Å². The Morgan fingerprint density at radius 1 is 1.30 bits per heavy atom. The molecule has 156 valence electrons. The number of rotatable bonds is 5. The molecule has 1 saturated heterocycles. The van der Waals surface area contributed by atoms with E-state index in [0.717, 1.165) is 20.6 Å². The van der Waals surface area contributed by atoms with Crippen LogP contribution in [0, 0.1) is 11.3 Å². The van der Waals surface area contributed by atoms with Crippen LogP contribution in [-0.4, -0.2) is 38.1 Å². The van der Waals surface area contributed by atoms with Gasteiger partial charge in [-0.25, -0.2) is 9.97 Å². The highest BCUT2D eigenvalue weighted by molar-refractivity contribution is 7.19. The van der Waals surface area contributed by atoms with Gasteiger partial charge in [-0.2, -0.15) is 10.4 Å². The summed E-state index contributed by atoms with van der Waals surface area (Å²) in [5.74, 6) is 0. The van der Waals surface area contributed by atoms with Crippen LogP contribution in [0.2, 0.25) is 10.4 Å². The van der Waals surface area contributed by atoms with Gasteiger partial charge in [0.05, 0.1) is 40.0 Å². The van der Waals surface area contributed by atoms with Crippen LogP contribution < -0.4 is 5.46 Å². The van der Waals surface area contributed by atoms with E-state index < -0.39 is 18.3 Å². The Kier molecular flexibility index (Phi) is 5.58. The third-order valence-corrected chi connectivity index (χ3v) is 7.33. The van der Waals surface area contributed by atoms with Crippen molar-refractivity contribution in [2.75, 3.05) is 0 Å². The van der Waals surface area contributed by atoms with E-state index in [0.29, 0.717) is 18.0 Å². The Labute approximate surface area is 189 Å². The number of nitriles is 1. The highest BCUT2D eigenvalue weighted by atomic mass is 35.5. The van der Waals surface area contributed by atoms with E-state index in [1.807, 2.05) is 40.0 Å². The molecule has 0 spiro atoms. The predicted octanol–water partition coefficient (Wildman–Crippen LogP) is 4.19. The monoisotopic (exact) mass is 463 g/mol. The average molecular weight is 464 g/mol. The lowest BCUT2D eigenvalue weighted by atomic mass is 9.82. The molecule has 4 heterocycles. The Morgan fingerprint density at radius 2 is 2.07 bits per heavy atom. The zero-order valence-electron chi connectivity index (χ0n) is 17.0. The van der Waals surface area contributed by atoms with E-state index >= 15 is 0 Å². The number of hydrogen-bond donors (Lipinski definition) is 0. The average Bonchev–Trinajstić information content (AvgIpc) is 3.32. The summed E-state index contributed by atoms with van der Waals surface area (Å²) in [4.78, 5) is 9.34. The molecule has 0 bridgehead atoms. The van der Waals surface area contributed by atoms with Crippen LogP contribution in [0.1, 0.15) is 45.0 Å². The summed E-state index contributed by atoms with van der Waals surface area (Å²) >= 11 is 13.7. The molecule has 4 rings (SSSR count).